The molecule has 2 aromatic rings. The molecule has 0 saturated heterocycles. The van der Waals surface area contributed by atoms with Gasteiger partial charge in [-0.25, -0.2) is 9.78 Å². The number of aliphatic carboxylic acids is 1. The van der Waals surface area contributed by atoms with Crippen LogP contribution in [0.25, 0.3) is 5.65 Å². The van der Waals surface area contributed by atoms with Crippen molar-refractivity contribution in [3.8, 4) is 0 Å². The van der Waals surface area contributed by atoms with E-state index in [4.69, 9.17) is 10.8 Å². The number of carbonyl (C=O) groups is 3. The van der Waals surface area contributed by atoms with Gasteiger partial charge < -0.3 is 20.6 Å². The van der Waals surface area contributed by atoms with Crippen molar-refractivity contribution in [2.45, 2.75) is 18.9 Å². The second-order valence-electron chi connectivity index (χ2n) is 4.50. The summed E-state index contributed by atoms with van der Waals surface area (Å²) < 4.78 is 1.75. The number of rotatable bonds is 6. The fourth-order valence-corrected chi connectivity index (χ4v) is 1.88. The van der Waals surface area contributed by atoms with Crippen LogP contribution in [0, 0.1) is 0 Å². The SMILES string of the molecule is NC(=O)C[C@H](NC(=O)Cc1cn2ccccc2n1)C(=O)O. The van der Waals surface area contributed by atoms with Gasteiger partial charge in [0.1, 0.15) is 11.7 Å². The van der Waals surface area contributed by atoms with Crippen LogP contribution in [0.15, 0.2) is 30.6 Å². The van der Waals surface area contributed by atoms with Gasteiger partial charge in [0, 0.05) is 12.4 Å². The molecule has 0 saturated carbocycles. The fourth-order valence-electron chi connectivity index (χ4n) is 1.88. The van der Waals surface area contributed by atoms with Crippen molar-refractivity contribution in [2.24, 2.45) is 5.73 Å². The van der Waals surface area contributed by atoms with Gasteiger partial charge in [0.25, 0.3) is 0 Å². The van der Waals surface area contributed by atoms with E-state index in [1.54, 1.807) is 22.9 Å². The Morgan fingerprint density at radius 1 is 1.38 bits per heavy atom. The van der Waals surface area contributed by atoms with E-state index in [0.29, 0.717) is 11.3 Å². The molecule has 0 unspecified atom stereocenters. The molecule has 2 amide bonds. The number of nitrogens with two attached hydrogens (primary N) is 1. The lowest BCUT2D eigenvalue weighted by Crippen LogP contribution is -2.43. The van der Waals surface area contributed by atoms with Gasteiger partial charge >= 0.3 is 5.97 Å². The molecule has 8 heteroatoms. The van der Waals surface area contributed by atoms with Gasteiger partial charge in [-0.15, -0.1) is 0 Å². The van der Waals surface area contributed by atoms with E-state index in [-0.39, 0.29) is 6.42 Å². The first kappa shape index (κ1) is 14.5. The third-order valence-corrected chi connectivity index (χ3v) is 2.79. The normalized spacial score (nSPS) is 12.0. The molecule has 0 aliphatic carbocycles. The maximum Gasteiger partial charge on any atom is 0.326 e. The third kappa shape index (κ3) is 3.78. The van der Waals surface area contributed by atoms with Crippen LogP contribution >= 0.6 is 0 Å². The standard InChI is InChI=1S/C13H14N4O4/c14-10(18)6-9(13(20)21)16-12(19)5-8-7-17-4-2-1-3-11(17)15-8/h1-4,7,9H,5-6H2,(H2,14,18)(H,16,19)(H,20,21)/t9-/m0/s1. The second kappa shape index (κ2) is 6.04. The number of imidazole rings is 1. The summed E-state index contributed by atoms with van der Waals surface area (Å²) in [6.45, 7) is 0. The zero-order chi connectivity index (χ0) is 15.4. The molecule has 0 aromatic carbocycles. The minimum atomic E-state index is -1.33. The number of amides is 2. The van der Waals surface area contributed by atoms with Crippen LogP contribution in [0.4, 0.5) is 0 Å². The number of fused-ring (bicyclic) bond motifs is 1. The van der Waals surface area contributed by atoms with Crippen LogP contribution in [-0.2, 0) is 20.8 Å². The van der Waals surface area contributed by atoms with E-state index in [1.165, 1.54) is 0 Å². The summed E-state index contributed by atoms with van der Waals surface area (Å²) in [5.74, 6) is -2.64. The van der Waals surface area contributed by atoms with Gasteiger partial charge in [0.15, 0.2) is 0 Å². The zero-order valence-corrected chi connectivity index (χ0v) is 11.0. The van der Waals surface area contributed by atoms with Crippen molar-refractivity contribution < 1.29 is 19.5 Å². The van der Waals surface area contributed by atoms with Gasteiger partial charge in [0.05, 0.1) is 18.5 Å². The number of nitrogens with one attached hydrogen (secondary N) is 1. The molecular formula is C13H14N4O4. The largest absolute Gasteiger partial charge is 0.480 e. The molecule has 0 spiro atoms. The molecular weight excluding hydrogens is 276 g/mol. The topological polar surface area (TPSA) is 127 Å². The van der Waals surface area contributed by atoms with Gasteiger partial charge in [-0.05, 0) is 12.1 Å². The molecule has 0 aliphatic rings. The highest BCUT2D eigenvalue weighted by molar-refractivity contribution is 5.88. The Morgan fingerprint density at radius 3 is 2.76 bits per heavy atom. The van der Waals surface area contributed by atoms with E-state index in [9.17, 15) is 14.4 Å². The van der Waals surface area contributed by atoms with Crippen molar-refractivity contribution in [2.75, 3.05) is 0 Å². The number of carbonyl (C=O) groups excluding carboxylic acids is 2. The molecule has 0 aliphatic heterocycles. The van der Waals surface area contributed by atoms with Crippen molar-refractivity contribution >= 4 is 23.4 Å². The number of carboxylic acid groups (broad SMARTS) is 1. The van der Waals surface area contributed by atoms with E-state index in [0.717, 1.165) is 0 Å². The minimum Gasteiger partial charge on any atom is -0.480 e. The minimum absolute atomic E-state index is 0.0791. The van der Waals surface area contributed by atoms with Crippen molar-refractivity contribution in [3.05, 3.63) is 36.3 Å². The summed E-state index contributed by atoms with van der Waals surface area (Å²) in [6.07, 6.45) is 2.94. The molecule has 21 heavy (non-hydrogen) atoms. The fraction of sp³-hybridized carbons (Fsp3) is 0.231. The van der Waals surface area contributed by atoms with Crippen molar-refractivity contribution in [1.29, 1.82) is 0 Å². The Labute approximate surface area is 119 Å². The predicted molar refractivity (Wildman–Crippen MR) is 72.3 cm³/mol. The molecule has 0 bridgehead atoms. The first-order chi connectivity index (χ1) is 9.95. The highest BCUT2D eigenvalue weighted by Gasteiger charge is 2.22. The van der Waals surface area contributed by atoms with E-state index in [1.807, 2.05) is 12.1 Å². The van der Waals surface area contributed by atoms with Gasteiger partial charge in [-0.3, -0.25) is 9.59 Å². The van der Waals surface area contributed by atoms with E-state index < -0.39 is 30.2 Å². The van der Waals surface area contributed by atoms with Crippen LogP contribution < -0.4 is 11.1 Å². The van der Waals surface area contributed by atoms with Gasteiger partial charge in [-0.1, -0.05) is 6.07 Å². The zero-order valence-electron chi connectivity index (χ0n) is 11.0. The summed E-state index contributed by atoms with van der Waals surface area (Å²) in [6, 6.07) is 4.10. The summed E-state index contributed by atoms with van der Waals surface area (Å²) >= 11 is 0. The first-order valence-electron chi connectivity index (χ1n) is 6.19. The molecule has 4 N–H and O–H groups in total. The Hall–Kier alpha value is -2.90. The lowest BCUT2D eigenvalue weighted by molar-refractivity contribution is -0.143. The van der Waals surface area contributed by atoms with Crippen molar-refractivity contribution in [1.82, 2.24) is 14.7 Å². The van der Waals surface area contributed by atoms with Crippen LogP contribution in [0.5, 0.6) is 0 Å². The van der Waals surface area contributed by atoms with Gasteiger partial charge in [0.2, 0.25) is 11.8 Å². The highest BCUT2D eigenvalue weighted by Crippen LogP contribution is 2.05. The number of carboxylic acids is 1. The van der Waals surface area contributed by atoms with E-state index >= 15 is 0 Å². The quantitative estimate of drug-likeness (QED) is 0.649. The number of pyridine rings is 1. The molecule has 0 radical (unpaired) electrons. The Bertz CT molecular complexity index is 661. The number of primary amides is 1. The highest BCUT2D eigenvalue weighted by atomic mass is 16.4. The average molecular weight is 290 g/mol. The summed E-state index contributed by atoms with van der Waals surface area (Å²) in [7, 11) is 0. The second-order valence-corrected chi connectivity index (χ2v) is 4.50. The predicted octanol–water partition coefficient (Wildman–Crippen LogP) is -0.678. The van der Waals surface area contributed by atoms with E-state index in [2.05, 4.69) is 10.3 Å². The molecule has 8 nitrogen and oxygen atoms in total. The maximum absolute atomic E-state index is 11.8. The Morgan fingerprint density at radius 2 is 2.14 bits per heavy atom. The van der Waals surface area contributed by atoms with Crippen LogP contribution in [0.1, 0.15) is 12.1 Å². The monoisotopic (exact) mass is 290 g/mol. The molecule has 2 heterocycles. The molecule has 2 rings (SSSR count). The Balaban J connectivity index is 2.03. The number of hydrogen-bond acceptors (Lipinski definition) is 4. The number of aromatic nitrogens is 2. The molecule has 2 aromatic heterocycles. The average Bonchev–Trinajstić information content (AvgIpc) is 2.79. The summed E-state index contributed by atoms with van der Waals surface area (Å²) in [4.78, 5) is 37.7. The van der Waals surface area contributed by atoms with Crippen molar-refractivity contribution in [3.63, 3.8) is 0 Å². The first-order valence-corrected chi connectivity index (χ1v) is 6.19. The third-order valence-electron chi connectivity index (χ3n) is 2.79. The van der Waals surface area contributed by atoms with Gasteiger partial charge in [-0.2, -0.15) is 0 Å². The molecule has 1 atom stereocenters. The maximum atomic E-state index is 11.8. The van der Waals surface area contributed by atoms with Crippen LogP contribution in [-0.4, -0.2) is 38.3 Å². The summed E-state index contributed by atoms with van der Waals surface area (Å²) in [5.41, 5.74) is 6.13. The molecule has 0 fully saturated rings. The lowest BCUT2D eigenvalue weighted by Gasteiger charge is -2.11. The number of hydrogen-bond donors (Lipinski definition) is 3. The lowest BCUT2D eigenvalue weighted by atomic mass is 10.2. The van der Waals surface area contributed by atoms with Crippen LogP contribution in [0.2, 0.25) is 0 Å². The smallest absolute Gasteiger partial charge is 0.326 e. The van der Waals surface area contributed by atoms with Crippen LogP contribution in [0.3, 0.4) is 0 Å². The summed E-state index contributed by atoms with van der Waals surface area (Å²) in [5, 5.41) is 11.2. The number of nitrogens with zero attached hydrogens (tertiary/aromatic N) is 2. The Kier molecular flexibility index (Phi) is 4.17. The molecule has 110 valence electrons.